The molecule has 19 heavy (non-hydrogen) atoms. The van der Waals surface area contributed by atoms with E-state index in [1.165, 1.54) is 0 Å². The van der Waals surface area contributed by atoms with Gasteiger partial charge in [0.05, 0.1) is 0 Å². The number of nitrogens with one attached hydrogen (secondary N) is 1. The molecule has 0 amide bonds. The number of rotatable bonds is 7. The minimum absolute atomic E-state index is 0.0105. The van der Waals surface area contributed by atoms with Gasteiger partial charge in [-0.3, -0.25) is 0 Å². The Bertz CT molecular complexity index is 348. The first-order chi connectivity index (χ1) is 8.46. The fourth-order valence-electron chi connectivity index (χ4n) is 2.14. The van der Waals surface area contributed by atoms with E-state index in [1.807, 2.05) is 0 Å². The molecule has 0 fully saturated rings. The summed E-state index contributed by atoms with van der Waals surface area (Å²) in [6, 6.07) is 0. The number of esters is 1. The molecule has 0 bridgehead atoms. The van der Waals surface area contributed by atoms with E-state index in [1.54, 1.807) is 6.92 Å². The van der Waals surface area contributed by atoms with Gasteiger partial charge >= 0.3 is 5.97 Å². The topological polar surface area (TPSA) is 38.3 Å². The lowest BCUT2D eigenvalue weighted by molar-refractivity contribution is -0.138. The molecule has 110 valence electrons. The highest BCUT2D eigenvalue weighted by atomic mass is 16.5. The van der Waals surface area contributed by atoms with Crippen LogP contribution in [0.1, 0.15) is 48.0 Å². The first-order valence-corrected chi connectivity index (χ1v) is 6.71. The summed E-state index contributed by atoms with van der Waals surface area (Å²) in [4.78, 5) is 11.2. The summed E-state index contributed by atoms with van der Waals surface area (Å²) in [6.07, 6.45) is 1.04. The highest BCUT2D eigenvalue weighted by Crippen LogP contribution is 2.36. The first-order valence-electron chi connectivity index (χ1n) is 6.71. The molecule has 0 unspecified atom stereocenters. The standard InChI is InChI=1S/C16H29NO2/c1-12(2)14(18)19-10-9-17-13(3)16(7,8)11-15(4,5)6/h17H,1,3,9-11H2,2,4-8H3. The van der Waals surface area contributed by atoms with Gasteiger partial charge in [-0.05, 0) is 18.8 Å². The van der Waals surface area contributed by atoms with Gasteiger partial charge in [0.15, 0.2) is 0 Å². The average Bonchev–Trinajstić information content (AvgIpc) is 2.19. The fourth-order valence-corrected chi connectivity index (χ4v) is 2.14. The zero-order chi connectivity index (χ0) is 15.3. The highest BCUT2D eigenvalue weighted by molar-refractivity contribution is 5.86. The molecule has 0 rings (SSSR count). The molecule has 0 atom stereocenters. The van der Waals surface area contributed by atoms with Crippen LogP contribution in [0.5, 0.6) is 0 Å². The van der Waals surface area contributed by atoms with Crippen LogP contribution in [0.3, 0.4) is 0 Å². The lowest BCUT2D eigenvalue weighted by Crippen LogP contribution is -2.32. The van der Waals surface area contributed by atoms with Crippen molar-refractivity contribution < 1.29 is 9.53 Å². The van der Waals surface area contributed by atoms with Gasteiger partial charge in [-0.25, -0.2) is 4.79 Å². The predicted molar refractivity (Wildman–Crippen MR) is 80.8 cm³/mol. The number of allylic oxidation sites excluding steroid dienone is 1. The van der Waals surface area contributed by atoms with E-state index < -0.39 is 0 Å². The molecule has 0 aromatic heterocycles. The smallest absolute Gasteiger partial charge is 0.333 e. The van der Waals surface area contributed by atoms with Crippen LogP contribution in [-0.4, -0.2) is 19.1 Å². The van der Waals surface area contributed by atoms with Gasteiger partial charge in [0.25, 0.3) is 0 Å². The molecule has 0 aliphatic carbocycles. The van der Waals surface area contributed by atoms with E-state index in [0.29, 0.717) is 18.7 Å². The number of ether oxygens (including phenoxy) is 1. The van der Waals surface area contributed by atoms with Crippen molar-refractivity contribution in [1.29, 1.82) is 0 Å². The van der Waals surface area contributed by atoms with Gasteiger partial charge in [-0.15, -0.1) is 0 Å². The molecule has 0 spiro atoms. The van der Waals surface area contributed by atoms with E-state index in [2.05, 4.69) is 53.1 Å². The van der Waals surface area contributed by atoms with Gasteiger partial charge in [-0.1, -0.05) is 47.8 Å². The third-order valence-electron chi connectivity index (χ3n) is 2.81. The number of hydrogen-bond acceptors (Lipinski definition) is 3. The summed E-state index contributed by atoms with van der Waals surface area (Å²) in [6.45, 7) is 21.2. The van der Waals surface area contributed by atoms with E-state index in [9.17, 15) is 4.79 Å². The van der Waals surface area contributed by atoms with Crippen LogP contribution < -0.4 is 5.32 Å². The maximum atomic E-state index is 11.2. The third-order valence-corrected chi connectivity index (χ3v) is 2.81. The molecule has 0 saturated carbocycles. The monoisotopic (exact) mass is 267 g/mol. The second-order valence-electron chi connectivity index (χ2n) is 6.94. The van der Waals surface area contributed by atoms with Crippen molar-refractivity contribution in [2.75, 3.05) is 13.2 Å². The minimum atomic E-state index is -0.346. The Labute approximate surface area is 118 Å². The molecular weight excluding hydrogens is 238 g/mol. The first kappa shape index (κ1) is 17.8. The van der Waals surface area contributed by atoms with Crippen LogP contribution in [-0.2, 0) is 9.53 Å². The molecule has 1 N–H and O–H groups in total. The summed E-state index contributed by atoms with van der Waals surface area (Å²) < 4.78 is 5.03. The number of hydrogen-bond donors (Lipinski definition) is 1. The molecule has 3 nitrogen and oxygen atoms in total. The minimum Gasteiger partial charge on any atom is -0.460 e. The lowest BCUT2D eigenvalue weighted by atomic mass is 9.74. The zero-order valence-corrected chi connectivity index (χ0v) is 13.4. The Morgan fingerprint density at radius 3 is 2.11 bits per heavy atom. The predicted octanol–water partition coefficient (Wildman–Crippen LogP) is 3.67. The summed E-state index contributed by atoms with van der Waals surface area (Å²) in [5.74, 6) is -0.346. The summed E-state index contributed by atoms with van der Waals surface area (Å²) in [7, 11) is 0. The molecular formula is C16H29NO2. The van der Waals surface area contributed by atoms with Gasteiger partial charge < -0.3 is 10.1 Å². The number of carbonyl (C=O) groups excluding carboxylic acids is 1. The van der Waals surface area contributed by atoms with Gasteiger partial charge in [0, 0.05) is 23.2 Å². The van der Waals surface area contributed by atoms with Gasteiger partial charge in [-0.2, -0.15) is 0 Å². The van der Waals surface area contributed by atoms with Gasteiger partial charge in [0.2, 0.25) is 0 Å². The molecule has 0 heterocycles. The molecule has 0 saturated heterocycles. The van der Waals surface area contributed by atoms with Gasteiger partial charge in [0.1, 0.15) is 6.61 Å². The number of carbonyl (C=O) groups is 1. The Hall–Kier alpha value is -1.25. The van der Waals surface area contributed by atoms with Crippen molar-refractivity contribution in [2.45, 2.75) is 48.0 Å². The van der Waals surface area contributed by atoms with Crippen LogP contribution in [0.15, 0.2) is 24.4 Å². The Kier molecular flexibility index (Phi) is 6.34. The summed E-state index contributed by atoms with van der Waals surface area (Å²) in [5, 5.41) is 3.24. The maximum Gasteiger partial charge on any atom is 0.333 e. The SMILES string of the molecule is C=C(C)C(=O)OCCNC(=C)C(C)(C)CC(C)(C)C. The summed E-state index contributed by atoms with van der Waals surface area (Å²) in [5.41, 5.74) is 1.66. The normalized spacial score (nSPS) is 11.9. The fraction of sp³-hybridized carbons (Fsp3) is 0.688. The summed E-state index contributed by atoms with van der Waals surface area (Å²) >= 11 is 0. The molecule has 0 aromatic carbocycles. The van der Waals surface area contributed by atoms with Crippen molar-refractivity contribution in [2.24, 2.45) is 10.8 Å². The van der Waals surface area contributed by atoms with Crippen molar-refractivity contribution in [1.82, 2.24) is 5.32 Å². The third kappa shape index (κ3) is 7.70. The quantitative estimate of drug-likeness (QED) is 0.434. The van der Waals surface area contributed by atoms with Crippen molar-refractivity contribution in [3.8, 4) is 0 Å². The Morgan fingerprint density at radius 1 is 1.16 bits per heavy atom. The van der Waals surface area contributed by atoms with Crippen molar-refractivity contribution in [3.63, 3.8) is 0 Å². The van der Waals surface area contributed by atoms with Crippen molar-refractivity contribution >= 4 is 5.97 Å². The molecule has 0 aromatic rings. The van der Waals surface area contributed by atoms with Crippen LogP contribution >= 0.6 is 0 Å². The van der Waals surface area contributed by atoms with Crippen LogP contribution in [0.4, 0.5) is 0 Å². The molecule has 0 aliphatic rings. The zero-order valence-electron chi connectivity index (χ0n) is 13.4. The van der Waals surface area contributed by atoms with Crippen LogP contribution in [0.25, 0.3) is 0 Å². The largest absolute Gasteiger partial charge is 0.460 e. The molecule has 3 heteroatoms. The lowest BCUT2D eigenvalue weighted by Gasteiger charge is -2.34. The highest BCUT2D eigenvalue weighted by Gasteiger charge is 2.27. The van der Waals surface area contributed by atoms with E-state index >= 15 is 0 Å². The van der Waals surface area contributed by atoms with Crippen molar-refractivity contribution in [3.05, 3.63) is 24.4 Å². The molecule has 0 radical (unpaired) electrons. The van der Waals surface area contributed by atoms with E-state index in [-0.39, 0.29) is 16.8 Å². The molecule has 0 aliphatic heterocycles. The van der Waals surface area contributed by atoms with E-state index in [0.717, 1.165) is 12.1 Å². The van der Waals surface area contributed by atoms with Crippen LogP contribution in [0.2, 0.25) is 0 Å². The maximum absolute atomic E-state index is 11.2. The second kappa shape index (κ2) is 6.78. The van der Waals surface area contributed by atoms with Crippen LogP contribution in [0, 0.1) is 10.8 Å². The van der Waals surface area contributed by atoms with E-state index in [4.69, 9.17) is 4.74 Å². The average molecular weight is 267 g/mol. The Balaban J connectivity index is 4.11. The Morgan fingerprint density at radius 2 is 1.68 bits per heavy atom. The second-order valence-corrected chi connectivity index (χ2v) is 6.94.